The standard InChI is InChI=1S/C13H23N5O2/c1-17-13(14-15-16-17)8-18-6-7-20-9-11(18)10-4-3-5-12(10)19-2/h10-12H,3-9H2,1-2H3/t10-,11-,12-/m1/s1. The highest BCUT2D eigenvalue weighted by Crippen LogP contribution is 2.34. The average Bonchev–Trinajstić information content (AvgIpc) is 3.09. The summed E-state index contributed by atoms with van der Waals surface area (Å²) in [5.74, 6) is 1.46. The Labute approximate surface area is 119 Å². The molecule has 0 aromatic carbocycles. The third kappa shape index (κ3) is 2.70. The second kappa shape index (κ2) is 6.15. The van der Waals surface area contributed by atoms with Crippen LogP contribution in [-0.4, -0.2) is 64.1 Å². The number of aryl methyl sites for hydroxylation is 1. The van der Waals surface area contributed by atoms with Crippen molar-refractivity contribution >= 4 is 0 Å². The fraction of sp³-hybridized carbons (Fsp3) is 0.923. The molecular weight excluding hydrogens is 258 g/mol. The van der Waals surface area contributed by atoms with Crippen LogP contribution in [0.15, 0.2) is 0 Å². The summed E-state index contributed by atoms with van der Waals surface area (Å²) in [5, 5.41) is 11.7. The molecular formula is C13H23N5O2. The first-order chi connectivity index (χ1) is 9.79. The average molecular weight is 281 g/mol. The van der Waals surface area contributed by atoms with Gasteiger partial charge in [0.25, 0.3) is 0 Å². The van der Waals surface area contributed by atoms with Crippen LogP contribution in [0, 0.1) is 5.92 Å². The molecule has 7 nitrogen and oxygen atoms in total. The molecule has 20 heavy (non-hydrogen) atoms. The number of morpholine rings is 1. The molecule has 0 unspecified atom stereocenters. The highest BCUT2D eigenvalue weighted by atomic mass is 16.5. The molecule has 3 rings (SSSR count). The van der Waals surface area contributed by atoms with E-state index in [-0.39, 0.29) is 0 Å². The summed E-state index contributed by atoms with van der Waals surface area (Å²) in [6.45, 7) is 3.29. The fourth-order valence-corrected chi connectivity index (χ4v) is 3.50. The Bertz CT molecular complexity index is 438. The van der Waals surface area contributed by atoms with Crippen LogP contribution in [0.25, 0.3) is 0 Å². The third-order valence-corrected chi connectivity index (χ3v) is 4.63. The largest absolute Gasteiger partial charge is 0.381 e. The SMILES string of the molecule is CO[C@@H]1CCC[C@@H]1[C@H]1COCCN1Cc1nnnn1C. The van der Waals surface area contributed by atoms with Crippen molar-refractivity contribution in [1.82, 2.24) is 25.1 Å². The summed E-state index contributed by atoms with van der Waals surface area (Å²) in [7, 11) is 3.71. The fourth-order valence-electron chi connectivity index (χ4n) is 3.50. The Hall–Kier alpha value is -1.05. The molecule has 0 N–H and O–H groups in total. The Balaban J connectivity index is 1.72. The first kappa shape index (κ1) is 13.9. The van der Waals surface area contributed by atoms with Crippen molar-refractivity contribution < 1.29 is 9.47 Å². The maximum Gasteiger partial charge on any atom is 0.165 e. The lowest BCUT2D eigenvalue weighted by Gasteiger charge is -2.40. The zero-order valence-corrected chi connectivity index (χ0v) is 12.2. The van der Waals surface area contributed by atoms with Crippen molar-refractivity contribution in [2.45, 2.75) is 38.0 Å². The number of hydrogen-bond acceptors (Lipinski definition) is 6. The third-order valence-electron chi connectivity index (χ3n) is 4.63. The highest BCUT2D eigenvalue weighted by molar-refractivity contribution is 4.92. The van der Waals surface area contributed by atoms with Crippen molar-refractivity contribution in [2.75, 3.05) is 26.9 Å². The van der Waals surface area contributed by atoms with Gasteiger partial charge in [-0.05, 0) is 23.3 Å². The van der Waals surface area contributed by atoms with Gasteiger partial charge in [0.2, 0.25) is 0 Å². The monoisotopic (exact) mass is 281 g/mol. The van der Waals surface area contributed by atoms with Crippen LogP contribution in [0.2, 0.25) is 0 Å². The van der Waals surface area contributed by atoms with Gasteiger partial charge in [0.1, 0.15) is 0 Å². The molecule has 1 aliphatic heterocycles. The lowest BCUT2D eigenvalue weighted by atomic mass is 9.94. The quantitative estimate of drug-likeness (QED) is 0.787. The molecule has 1 saturated heterocycles. The minimum atomic E-state index is 0.363. The Morgan fingerprint density at radius 1 is 1.40 bits per heavy atom. The minimum Gasteiger partial charge on any atom is -0.381 e. The molecule has 2 aliphatic rings. The molecule has 7 heteroatoms. The van der Waals surface area contributed by atoms with Crippen molar-refractivity contribution in [3.8, 4) is 0 Å². The van der Waals surface area contributed by atoms with Gasteiger partial charge in [0, 0.05) is 32.7 Å². The van der Waals surface area contributed by atoms with Crippen LogP contribution >= 0.6 is 0 Å². The Morgan fingerprint density at radius 3 is 3.05 bits per heavy atom. The topological polar surface area (TPSA) is 65.3 Å². The predicted molar refractivity (Wildman–Crippen MR) is 72.0 cm³/mol. The van der Waals surface area contributed by atoms with E-state index in [4.69, 9.17) is 9.47 Å². The van der Waals surface area contributed by atoms with E-state index >= 15 is 0 Å². The van der Waals surface area contributed by atoms with Crippen LogP contribution in [0.3, 0.4) is 0 Å². The van der Waals surface area contributed by atoms with E-state index in [1.54, 1.807) is 4.68 Å². The molecule has 0 spiro atoms. The van der Waals surface area contributed by atoms with Crippen LogP contribution in [0.5, 0.6) is 0 Å². The number of aromatic nitrogens is 4. The van der Waals surface area contributed by atoms with Gasteiger partial charge in [-0.1, -0.05) is 6.42 Å². The van der Waals surface area contributed by atoms with Gasteiger partial charge in [-0.15, -0.1) is 5.10 Å². The second-order valence-electron chi connectivity index (χ2n) is 5.70. The van der Waals surface area contributed by atoms with E-state index in [0.717, 1.165) is 38.5 Å². The van der Waals surface area contributed by atoms with E-state index < -0.39 is 0 Å². The van der Waals surface area contributed by atoms with Gasteiger partial charge in [-0.2, -0.15) is 0 Å². The van der Waals surface area contributed by atoms with Crippen molar-refractivity contribution in [3.05, 3.63) is 5.82 Å². The number of nitrogens with zero attached hydrogens (tertiary/aromatic N) is 5. The molecule has 2 heterocycles. The Morgan fingerprint density at radius 2 is 2.30 bits per heavy atom. The maximum absolute atomic E-state index is 5.71. The van der Waals surface area contributed by atoms with Gasteiger partial charge >= 0.3 is 0 Å². The summed E-state index contributed by atoms with van der Waals surface area (Å²) < 4.78 is 13.1. The minimum absolute atomic E-state index is 0.363. The normalized spacial score (nSPS) is 31.8. The smallest absolute Gasteiger partial charge is 0.165 e. The molecule has 1 saturated carbocycles. The highest BCUT2D eigenvalue weighted by Gasteiger charge is 2.38. The summed E-state index contributed by atoms with van der Waals surface area (Å²) >= 11 is 0. The number of ether oxygens (including phenoxy) is 2. The maximum atomic E-state index is 5.71. The van der Waals surface area contributed by atoms with E-state index in [1.807, 2.05) is 14.2 Å². The van der Waals surface area contributed by atoms with Crippen LogP contribution in [0.1, 0.15) is 25.1 Å². The summed E-state index contributed by atoms with van der Waals surface area (Å²) in [6, 6.07) is 0.410. The van der Waals surface area contributed by atoms with Crippen molar-refractivity contribution in [3.63, 3.8) is 0 Å². The summed E-state index contributed by atoms with van der Waals surface area (Å²) in [5.41, 5.74) is 0. The van der Waals surface area contributed by atoms with E-state index in [0.29, 0.717) is 18.1 Å². The van der Waals surface area contributed by atoms with Gasteiger partial charge in [0.05, 0.1) is 25.9 Å². The molecule has 1 aromatic heterocycles. The molecule has 112 valence electrons. The van der Waals surface area contributed by atoms with E-state index in [2.05, 4.69) is 20.4 Å². The van der Waals surface area contributed by atoms with Gasteiger partial charge in [-0.25, -0.2) is 4.68 Å². The molecule has 0 bridgehead atoms. The number of rotatable bonds is 4. The Kier molecular flexibility index (Phi) is 4.28. The zero-order valence-electron chi connectivity index (χ0n) is 12.2. The molecule has 0 radical (unpaired) electrons. The predicted octanol–water partition coefficient (Wildman–Crippen LogP) is 0.226. The molecule has 1 aromatic rings. The summed E-state index contributed by atoms with van der Waals surface area (Å²) in [6.07, 6.45) is 4.00. The lowest BCUT2D eigenvalue weighted by molar-refractivity contribution is -0.0619. The van der Waals surface area contributed by atoms with E-state index in [9.17, 15) is 0 Å². The van der Waals surface area contributed by atoms with Gasteiger partial charge in [0.15, 0.2) is 5.82 Å². The molecule has 2 fully saturated rings. The van der Waals surface area contributed by atoms with Gasteiger partial charge < -0.3 is 9.47 Å². The second-order valence-corrected chi connectivity index (χ2v) is 5.70. The first-order valence-electron chi connectivity index (χ1n) is 7.35. The van der Waals surface area contributed by atoms with Crippen molar-refractivity contribution in [1.29, 1.82) is 0 Å². The summed E-state index contributed by atoms with van der Waals surface area (Å²) in [4.78, 5) is 2.46. The van der Waals surface area contributed by atoms with Crippen molar-refractivity contribution in [2.24, 2.45) is 13.0 Å². The zero-order chi connectivity index (χ0) is 13.9. The first-order valence-corrected chi connectivity index (χ1v) is 7.35. The lowest BCUT2D eigenvalue weighted by Crippen LogP contribution is -2.51. The van der Waals surface area contributed by atoms with Crippen LogP contribution in [0.4, 0.5) is 0 Å². The number of tetrazole rings is 1. The van der Waals surface area contributed by atoms with Crippen LogP contribution in [-0.2, 0) is 23.1 Å². The number of hydrogen-bond donors (Lipinski definition) is 0. The van der Waals surface area contributed by atoms with Crippen LogP contribution < -0.4 is 0 Å². The number of methoxy groups -OCH3 is 1. The molecule has 1 aliphatic carbocycles. The van der Waals surface area contributed by atoms with E-state index in [1.165, 1.54) is 12.8 Å². The molecule has 3 atom stereocenters. The van der Waals surface area contributed by atoms with Gasteiger partial charge in [-0.3, -0.25) is 4.90 Å². The molecule has 0 amide bonds.